The predicted molar refractivity (Wildman–Crippen MR) is 76.2 cm³/mol. The molecule has 1 amide bonds. The third-order valence-corrected chi connectivity index (χ3v) is 3.96. The maximum Gasteiger partial charge on any atom is 0.415 e. The van der Waals surface area contributed by atoms with Crippen LogP contribution in [0.5, 0.6) is 5.75 Å². The van der Waals surface area contributed by atoms with Crippen LogP contribution in [-0.2, 0) is 13.1 Å². The number of carbonyl (C=O) groups is 1. The van der Waals surface area contributed by atoms with E-state index in [1.807, 2.05) is 19.1 Å². The molecule has 0 fully saturated rings. The van der Waals surface area contributed by atoms with Crippen LogP contribution in [0, 0.1) is 6.92 Å². The Morgan fingerprint density at radius 2 is 2.10 bits per heavy atom. The highest BCUT2D eigenvalue weighted by Gasteiger charge is 2.26. The fourth-order valence-corrected chi connectivity index (χ4v) is 2.44. The van der Waals surface area contributed by atoms with Crippen LogP contribution in [0.3, 0.4) is 0 Å². The second-order valence-corrected chi connectivity index (χ2v) is 5.45. The predicted octanol–water partition coefficient (Wildman–Crippen LogP) is 3.06. The molecule has 1 aromatic heterocycles. The molecular formula is C14H12BrN3O2. The molecule has 1 aliphatic rings. The van der Waals surface area contributed by atoms with E-state index in [4.69, 9.17) is 4.74 Å². The van der Waals surface area contributed by atoms with Gasteiger partial charge in [0.15, 0.2) is 0 Å². The Morgan fingerprint density at radius 1 is 1.35 bits per heavy atom. The molecule has 0 N–H and O–H groups in total. The number of ether oxygens (including phenoxy) is 1. The molecule has 102 valence electrons. The van der Waals surface area contributed by atoms with Crippen molar-refractivity contribution in [2.75, 3.05) is 0 Å². The van der Waals surface area contributed by atoms with Crippen LogP contribution in [0.25, 0.3) is 0 Å². The van der Waals surface area contributed by atoms with E-state index in [0.29, 0.717) is 24.7 Å². The van der Waals surface area contributed by atoms with Gasteiger partial charge >= 0.3 is 6.09 Å². The van der Waals surface area contributed by atoms with Crippen LogP contribution < -0.4 is 4.74 Å². The van der Waals surface area contributed by atoms with Crippen molar-refractivity contribution in [2.45, 2.75) is 20.0 Å². The minimum absolute atomic E-state index is 0.338. The minimum Gasteiger partial charge on any atom is -0.410 e. The van der Waals surface area contributed by atoms with E-state index in [9.17, 15) is 4.79 Å². The van der Waals surface area contributed by atoms with Crippen molar-refractivity contribution in [1.29, 1.82) is 0 Å². The molecule has 2 aromatic rings. The van der Waals surface area contributed by atoms with Crippen molar-refractivity contribution in [3.05, 3.63) is 52.0 Å². The quantitative estimate of drug-likeness (QED) is 0.847. The Labute approximate surface area is 124 Å². The van der Waals surface area contributed by atoms with Gasteiger partial charge in [0.2, 0.25) is 0 Å². The Morgan fingerprint density at radius 3 is 2.85 bits per heavy atom. The Hall–Kier alpha value is -1.95. The molecule has 0 spiro atoms. The molecule has 6 heteroatoms. The summed E-state index contributed by atoms with van der Waals surface area (Å²) in [7, 11) is 0. The van der Waals surface area contributed by atoms with Crippen molar-refractivity contribution in [3.63, 3.8) is 0 Å². The number of amides is 1. The van der Waals surface area contributed by atoms with E-state index in [1.54, 1.807) is 23.4 Å². The van der Waals surface area contributed by atoms with E-state index in [0.717, 1.165) is 15.6 Å². The first-order valence-corrected chi connectivity index (χ1v) is 6.94. The van der Waals surface area contributed by atoms with Gasteiger partial charge in [0.25, 0.3) is 0 Å². The third kappa shape index (κ3) is 2.51. The van der Waals surface area contributed by atoms with Crippen LogP contribution >= 0.6 is 15.9 Å². The molecule has 3 rings (SSSR count). The highest BCUT2D eigenvalue weighted by molar-refractivity contribution is 9.10. The van der Waals surface area contributed by atoms with Crippen LogP contribution in [-0.4, -0.2) is 21.0 Å². The lowest BCUT2D eigenvalue weighted by atomic mass is 10.1. The summed E-state index contributed by atoms with van der Waals surface area (Å²) in [6, 6.07) is 5.59. The summed E-state index contributed by atoms with van der Waals surface area (Å²) < 4.78 is 6.37. The lowest BCUT2D eigenvalue weighted by Gasteiger charge is -2.27. The van der Waals surface area contributed by atoms with Gasteiger partial charge < -0.3 is 4.74 Å². The summed E-state index contributed by atoms with van der Waals surface area (Å²) in [5.41, 5.74) is 2.01. The van der Waals surface area contributed by atoms with Gasteiger partial charge in [0.1, 0.15) is 11.6 Å². The van der Waals surface area contributed by atoms with E-state index in [2.05, 4.69) is 25.9 Å². The number of nitrogens with zero attached hydrogens (tertiary/aromatic N) is 3. The van der Waals surface area contributed by atoms with E-state index < -0.39 is 0 Å². The van der Waals surface area contributed by atoms with Crippen molar-refractivity contribution in [3.8, 4) is 5.75 Å². The molecule has 0 saturated carbocycles. The summed E-state index contributed by atoms with van der Waals surface area (Å²) in [5.74, 6) is 1.22. The molecule has 1 aromatic carbocycles. The fraction of sp³-hybridized carbons (Fsp3) is 0.214. The number of aryl methyl sites for hydroxylation is 1. The first-order chi connectivity index (χ1) is 9.63. The summed E-state index contributed by atoms with van der Waals surface area (Å²) in [4.78, 5) is 21.8. The maximum atomic E-state index is 12.0. The Kier molecular flexibility index (Phi) is 3.40. The molecule has 1 aliphatic heterocycles. The Bertz CT molecular complexity index is 661. The van der Waals surface area contributed by atoms with Gasteiger partial charge in [-0.1, -0.05) is 15.9 Å². The normalized spacial score (nSPS) is 13.9. The van der Waals surface area contributed by atoms with E-state index in [-0.39, 0.29) is 6.09 Å². The minimum atomic E-state index is -0.369. The number of benzene rings is 1. The molecule has 2 heterocycles. The van der Waals surface area contributed by atoms with Crippen LogP contribution in [0.2, 0.25) is 0 Å². The molecule has 0 unspecified atom stereocenters. The molecule has 0 saturated heterocycles. The highest BCUT2D eigenvalue weighted by Crippen LogP contribution is 2.31. The Balaban J connectivity index is 1.85. The number of hydrogen-bond acceptors (Lipinski definition) is 4. The smallest absolute Gasteiger partial charge is 0.410 e. The van der Waals surface area contributed by atoms with Crippen LogP contribution in [0.15, 0.2) is 35.1 Å². The molecule has 5 nitrogen and oxygen atoms in total. The zero-order valence-corrected chi connectivity index (χ0v) is 12.4. The summed E-state index contributed by atoms with van der Waals surface area (Å²) in [6.07, 6.45) is 2.95. The van der Waals surface area contributed by atoms with E-state index in [1.165, 1.54) is 0 Å². The van der Waals surface area contributed by atoms with Gasteiger partial charge in [-0.15, -0.1) is 0 Å². The third-order valence-electron chi connectivity index (χ3n) is 3.11. The highest BCUT2D eigenvalue weighted by atomic mass is 79.9. The average molecular weight is 334 g/mol. The number of fused-ring (bicyclic) bond motifs is 1. The van der Waals surface area contributed by atoms with Crippen molar-refractivity contribution >= 4 is 22.0 Å². The van der Waals surface area contributed by atoms with Gasteiger partial charge in [-0.25, -0.2) is 14.8 Å². The number of halogens is 1. The molecule has 0 bridgehead atoms. The fourth-order valence-electron chi connectivity index (χ4n) is 2.05. The molecular weight excluding hydrogens is 322 g/mol. The number of carbonyl (C=O) groups excluding carboxylic acids is 1. The largest absolute Gasteiger partial charge is 0.415 e. The van der Waals surface area contributed by atoms with Crippen molar-refractivity contribution in [1.82, 2.24) is 14.9 Å². The van der Waals surface area contributed by atoms with Gasteiger partial charge in [-0.2, -0.15) is 0 Å². The lowest BCUT2D eigenvalue weighted by molar-refractivity contribution is 0.133. The summed E-state index contributed by atoms with van der Waals surface area (Å²) in [6.45, 7) is 2.79. The topological polar surface area (TPSA) is 55.3 Å². The summed E-state index contributed by atoms with van der Waals surface area (Å²) >= 11 is 3.49. The maximum absolute atomic E-state index is 12.0. The van der Waals surface area contributed by atoms with Crippen LogP contribution in [0.4, 0.5) is 4.79 Å². The van der Waals surface area contributed by atoms with Gasteiger partial charge in [0, 0.05) is 22.4 Å². The number of aromatic nitrogens is 2. The SMILES string of the molecule is Cc1cc2c(cc1Br)CN(Cc1ncccn1)C(=O)O2. The van der Waals surface area contributed by atoms with Gasteiger partial charge in [-0.05, 0) is 30.7 Å². The zero-order chi connectivity index (χ0) is 14.1. The summed E-state index contributed by atoms with van der Waals surface area (Å²) in [5, 5.41) is 0. The number of hydrogen-bond donors (Lipinski definition) is 0. The molecule has 0 radical (unpaired) electrons. The second-order valence-electron chi connectivity index (χ2n) is 4.60. The van der Waals surface area contributed by atoms with Crippen LogP contribution in [0.1, 0.15) is 17.0 Å². The monoisotopic (exact) mass is 333 g/mol. The first kappa shape index (κ1) is 13.1. The molecule has 20 heavy (non-hydrogen) atoms. The first-order valence-electron chi connectivity index (χ1n) is 6.15. The second kappa shape index (κ2) is 5.20. The number of rotatable bonds is 2. The molecule has 0 atom stereocenters. The van der Waals surface area contributed by atoms with Gasteiger partial charge in [-0.3, -0.25) is 4.90 Å². The molecule has 0 aliphatic carbocycles. The van der Waals surface area contributed by atoms with Gasteiger partial charge in [0.05, 0.1) is 13.1 Å². The lowest BCUT2D eigenvalue weighted by Crippen LogP contribution is -2.36. The zero-order valence-electron chi connectivity index (χ0n) is 10.8. The van der Waals surface area contributed by atoms with Crippen molar-refractivity contribution < 1.29 is 9.53 Å². The van der Waals surface area contributed by atoms with E-state index >= 15 is 0 Å². The standard InChI is InChI=1S/C14H12BrN3O2/c1-9-5-12-10(6-11(9)15)7-18(14(19)20-12)8-13-16-3-2-4-17-13/h2-6H,7-8H2,1H3. The van der Waals surface area contributed by atoms with Crippen molar-refractivity contribution in [2.24, 2.45) is 0 Å². The average Bonchev–Trinajstić information content (AvgIpc) is 2.43.